The summed E-state index contributed by atoms with van der Waals surface area (Å²) in [5.74, 6) is -0.552. The van der Waals surface area contributed by atoms with Crippen molar-refractivity contribution < 1.29 is 9.90 Å². The van der Waals surface area contributed by atoms with Crippen molar-refractivity contribution >= 4 is 11.6 Å². The summed E-state index contributed by atoms with van der Waals surface area (Å²) >= 11 is 0. The zero-order valence-corrected chi connectivity index (χ0v) is 9.78. The second-order valence-corrected chi connectivity index (χ2v) is 4.72. The highest BCUT2D eigenvalue weighted by molar-refractivity contribution is 5.98. The lowest BCUT2D eigenvalue weighted by Gasteiger charge is -2.33. The second-order valence-electron chi connectivity index (χ2n) is 4.72. The minimum Gasteiger partial charge on any atom is -0.398 e. The molecule has 0 aromatic heterocycles. The molecule has 0 spiro atoms. The first-order chi connectivity index (χ1) is 8.04. The zero-order chi connectivity index (χ0) is 12.5. The van der Waals surface area contributed by atoms with E-state index in [0.717, 1.165) is 19.3 Å². The van der Waals surface area contributed by atoms with E-state index in [4.69, 9.17) is 11.5 Å². The first-order valence-electron chi connectivity index (χ1n) is 5.96. The molecule has 17 heavy (non-hydrogen) atoms. The van der Waals surface area contributed by atoms with Crippen LogP contribution < -0.4 is 11.5 Å². The summed E-state index contributed by atoms with van der Waals surface area (Å²) in [5.41, 5.74) is 11.6. The van der Waals surface area contributed by atoms with Crippen LogP contribution in [0.5, 0.6) is 0 Å². The SMILES string of the molecule is NC(=O)c1cccc(C2(O)CCCCC2)c1N. The number of amides is 1. The molecule has 1 aromatic rings. The molecule has 0 bridgehead atoms. The van der Waals surface area contributed by atoms with Crippen LogP contribution in [0, 0.1) is 0 Å². The molecule has 1 aliphatic carbocycles. The van der Waals surface area contributed by atoms with Crippen molar-refractivity contribution in [2.75, 3.05) is 5.73 Å². The third-order valence-corrected chi connectivity index (χ3v) is 3.55. The number of rotatable bonds is 2. The fourth-order valence-electron chi connectivity index (χ4n) is 2.59. The van der Waals surface area contributed by atoms with Gasteiger partial charge in [-0.2, -0.15) is 0 Å². The number of aliphatic hydroxyl groups is 1. The first kappa shape index (κ1) is 11.9. The van der Waals surface area contributed by atoms with Crippen molar-refractivity contribution in [3.05, 3.63) is 29.3 Å². The summed E-state index contributed by atoms with van der Waals surface area (Å²) in [4.78, 5) is 11.2. The van der Waals surface area contributed by atoms with Gasteiger partial charge in [0.05, 0.1) is 16.9 Å². The molecule has 0 aliphatic heterocycles. The summed E-state index contributed by atoms with van der Waals surface area (Å²) in [7, 11) is 0. The molecule has 4 nitrogen and oxygen atoms in total. The molecule has 92 valence electrons. The van der Waals surface area contributed by atoms with Crippen LogP contribution in [0.1, 0.15) is 48.0 Å². The van der Waals surface area contributed by atoms with Crippen molar-refractivity contribution in [2.24, 2.45) is 5.73 Å². The quantitative estimate of drug-likeness (QED) is 0.678. The molecule has 1 fully saturated rings. The van der Waals surface area contributed by atoms with E-state index >= 15 is 0 Å². The van der Waals surface area contributed by atoms with Crippen LogP contribution in [0.4, 0.5) is 5.69 Å². The normalized spacial score (nSPS) is 18.9. The summed E-state index contributed by atoms with van der Waals surface area (Å²) in [6.45, 7) is 0. The predicted octanol–water partition coefficient (Wildman–Crippen LogP) is 1.52. The number of carbonyl (C=O) groups is 1. The van der Waals surface area contributed by atoms with Gasteiger partial charge in [0.2, 0.25) is 0 Å². The Morgan fingerprint density at radius 3 is 2.47 bits per heavy atom. The summed E-state index contributed by atoms with van der Waals surface area (Å²) in [6.07, 6.45) is 4.49. The summed E-state index contributed by atoms with van der Waals surface area (Å²) < 4.78 is 0. The average Bonchev–Trinajstić information content (AvgIpc) is 2.29. The van der Waals surface area contributed by atoms with Gasteiger partial charge in [0.15, 0.2) is 0 Å². The number of hydrogen-bond acceptors (Lipinski definition) is 3. The lowest BCUT2D eigenvalue weighted by molar-refractivity contribution is 0.0000602. The number of primary amides is 1. The number of carbonyl (C=O) groups excluding carboxylic acids is 1. The monoisotopic (exact) mass is 234 g/mol. The average molecular weight is 234 g/mol. The molecule has 2 rings (SSSR count). The smallest absolute Gasteiger partial charge is 0.250 e. The number of anilines is 1. The van der Waals surface area contributed by atoms with Crippen molar-refractivity contribution in [1.29, 1.82) is 0 Å². The summed E-state index contributed by atoms with van der Waals surface area (Å²) in [6, 6.07) is 5.10. The van der Waals surface area contributed by atoms with Crippen LogP contribution in [0.2, 0.25) is 0 Å². The van der Waals surface area contributed by atoms with E-state index in [1.165, 1.54) is 0 Å². The maximum absolute atomic E-state index is 11.2. The highest BCUT2D eigenvalue weighted by Gasteiger charge is 2.33. The van der Waals surface area contributed by atoms with Gasteiger partial charge < -0.3 is 16.6 Å². The Balaban J connectivity index is 2.44. The van der Waals surface area contributed by atoms with Gasteiger partial charge in [-0.3, -0.25) is 4.79 Å². The number of nitrogen functional groups attached to an aromatic ring is 1. The minimum atomic E-state index is -0.895. The zero-order valence-electron chi connectivity index (χ0n) is 9.78. The number of nitrogens with two attached hydrogens (primary N) is 2. The van der Waals surface area contributed by atoms with E-state index in [2.05, 4.69) is 0 Å². The lowest BCUT2D eigenvalue weighted by atomic mass is 9.78. The number of para-hydroxylation sites is 1. The second kappa shape index (κ2) is 4.37. The Labute approximate surface area is 101 Å². The molecular weight excluding hydrogens is 216 g/mol. The molecule has 0 unspecified atom stereocenters. The molecule has 4 heteroatoms. The van der Waals surface area contributed by atoms with Crippen molar-refractivity contribution in [1.82, 2.24) is 0 Å². The highest BCUT2D eigenvalue weighted by Crippen LogP contribution is 2.40. The highest BCUT2D eigenvalue weighted by atomic mass is 16.3. The van der Waals surface area contributed by atoms with Crippen molar-refractivity contribution in [3.63, 3.8) is 0 Å². The minimum absolute atomic E-state index is 0.293. The molecule has 1 amide bonds. The number of hydrogen-bond donors (Lipinski definition) is 3. The Hall–Kier alpha value is -1.55. The maximum Gasteiger partial charge on any atom is 0.250 e. The molecular formula is C13H18N2O2. The molecule has 5 N–H and O–H groups in total. The van der Waals surface area contributed by atoms with Gasteiger partial charge in [0.25, 0.3) is 5.91 Å². The molecule has 1 aromatic carbocycles. The Bertz CT molecular complexity index is 437. The lowest BCUT2D eigenvalue weighted by Crippen LogP contribution is -2.30. The van der Waals surface area contributed by atoms with Crippen LogP contribution in [0.25, 0.3) is 0 Å². The third kappa shape index (κ3) is 2.13. The molecule has 0 saturated heterocycles. The van der Waals surface area contributed by atoms with E-state index in [1.807, 2.05) is 0 Å². The Morgan fingerprint density at radius 1 is 1.24 bits per heavy atom. The summed E-state index contributed by atoms with van der Waals surface area (Å²) in [5, 5.41) is 10.6. The van der Waals surface area contributed by atoms with Gasteiger partial charge in [-0.25, -0.2) is 0 Å². The van der Waals surface area contributed by atoms with E-state index in [-0.39, 0.29) is 0 Å². The molecule has 1 aliphatic rings. The van der Waals surface area contributed by atoms with Crippen LogP contribution in [0.3, 0.4) is 0 Å². The maximum atomic E-state index is 11.2. The van der Waals surface area contributed by atoms with E-state index in [0.29, 0.717) is 29.7 Å². The molecule has 0 heterocycles. The van der Waals surface area contributed by atoms with Gasteiger partial charge >= 0.3 is 0 Å². The fraction of sp³-hybridized carbons (Fsp3) is 0.462. The van der Waals surface area contributed by atoms with Crippen LogP contribution in [0.15, 0.2) is 18.2 Å². The van der Waals surface area contributed by atoms with Crippen LogP contribution in [-0.4, -0.2) is 11.0 Å². The number of benzene rings is 1. The van der Waals surface area contributed by atoms with Gasteiger partial charge in [0, 0.05) is 5.56 Å². The van der Waals surface area contributed by atoms with E-state index in [1.54, 1.807) is 18.2 Å². The van der Waals surface area contributed by atoms with Gasteiger partial charge in [-0.15, -0.1) is 0 Å². The van der Waals surface area contributed by atoms with Gasteiger partial charge in [-0.1, -0.05) is 31.4 Å². The van der Waals surface area contributed by atoms with Crippen LogP contribution >= 0.6 is 0 Å². The first-order valence-corrected chi connectivity index (χ1v) is 5.96. The molecule has 0 atom stereocenters. The van der Waals surface area contributed by atoms with Gasteiger partial charge in [0.1, 0.15) is 0 Å². The third-order valence-electron chi connectivity index (χ3n) is 3.55. The molecule has 0 radical (unpaired) electrons. The standard InChI is InChI=1S/C13H18N2O2/c14-11-9(12(15)16)5-4-6-10(11)13(17)7-2-1-3-8-13/h4-6,17H,1-3,7-8,14H2,(H2,15,16). The Morgan fingerprint density at radius 2 is 1.88 bits per heavy atom. The van der Waals surface area contributed by atoms with E-state index in [9.17, 15) is 9.90 Å². The van der Waals surface area contributed by atoms with Crippen molar-refractivity contribution in [2.45, 2.75) is 37.7 Å². The Kier molecular flexibility index (Phi) is 3.07. The molecule has 1 saturated carbocycles. The largest absolute Gasteiger partial charge is 0.398 e. The van der Waals surface area contributed by atoms with Crippen LogP contribution in [-0.2, 0) is 5.60 Å². The van der Waals surface area contributed by atoms with Crippen molar-refractivity contribution in [3.8, 4) is 0 Å². The predicted molar refractivity (Wildman–Crippen MR) is 66.4 cm³/mol. The van der Waals surface area contributed by atoms with Gasteiger partial charge in [-0.05, 0) is 18.9 Å². The fourth-order valence-corrected chi connectivity index (χ4v) is 2.59. The topological polar surface area (TPSA) is 89.3 Å². The van der Waals surface area contributed by atoms with E-state index < -0.39 is 11.5 Å².